The van der Waals surface area contributed by atoms with Crippen molar-refractivity contribution in [2.45, 2.75) is 38.1 Å². The van der Waals surface area contributed by atoms with Crippen molar-refractivity contribution in [2.75, 3.05) is 39.6 Å². The quantitative estimate of drug-likeness (QED) is 0.626. The number of nitrogens with zero attached hydrogens (tertiary/aromatic N) is 4. The highest BCUT2D eigenvalue weighted by molar-refractivity contribution is 5.93. The standard InChI is InChI=1S/C26H31N5O2/c1-30(2)21-9-10-31(15-21)25(32)13-19-12-22-23(14-24(19)33-3)27-16-28-26(22)29-20-8-7-17-5-4-6-18(17)11-20/h7-8,11-12,14,16,21H,4-6,9-10,13,15H2,1-3H3,(H,27,28,29)/t21-/m1/s1. The van der Waals surface area contributed by atoms with E-state index in [-0.39, 0.29) is 5.91 Å². The van der Waals surface area contributed by atoms with Crippen LogP contribution in [0.3, 0.4) is 0 Å². The van der Waals surface area contributed by atoms with E-state index in [1.54, 1.807) is 13.4 Å². The maximum atomic E-state index is 13.1. The molecule has 1 saturated heterocycles. The molecule has 0 unspecified atom stereocenters. The van der Waals surface area contributed by atoms with E-state index in [2.05, 4.69) is 52.5 Å². The van der Waals surface area contributed by atoms with Crippen LogP contribution in [0.1, 0.15) is 29.5 Å². The number of hydrogen-bond donors (Lipinski definition) is 1. The molecule has 172 valence electrons. The molecule has 1 N–H and O–H groups in total. The number of rotatable bonds is 6. The summed E-state index contributed by atoms with van der Waals surface area (Å²) in [7, 11) is 5.78. The Morgan fingerprint density at radius 2 is 2.03 bits per heavy atom. The van der Waals surface area contributed by atoms with Crippen LogP contribution in [0, 0.1) is 0 Å². The molecule has 0 radical (unpaired) electrons. The van der Waals surface area contributed by atoms with Crippen molar-refractivity contribution in [3.8, 4) is 5.75 Å². The van der Waals surface area contributed by atoms with Gasteiger partial charge in [-0.2, -0.15) is 0 Å². The first-order valence-electron chi connectivity index (χ1n) is 11.7. The summed E-state index contributed by atoms with van der Waals surface area (Å²) in [5.41, 5.74) is 5.52. The maximum Gasteiger partial charge on any atom is 0.227 e. The Kier molecular flexibility index (Phi) is 5.89. The van der Waals surface area contributed by atoms with Crippen molar-refractivity contribution in [3.05, 3.63) is 53.3 Å². The van der Waals surface area contributed by atoms with Crippen LogP contribution in [-0.4, -0.2) is 66.0 Å². The largest absolute Gasteiger partial charge is 0.496 e. The molecule has 0 spiro atoms. The molecule has 0 bridgehead atoms. The smallest absolute Gasteiger partial charge is 0.227 e. The fourth-order valence-electron chi connectivity index (χ4n) is 5.01. The van der Waals surface area contributed by atoms with Crippen LogP contribution >= 0.6 is 0 Å². The summed E-state index contributed by atoms with van der Waals surface area (Å²) in [4.78, 5) is 26.2. The molecule has 2 aliphatic rings. The average Bonchev–Trinajstić information content (AvgIpc) is 3.49. The number of fused-ring (bicyclic) bond motifs is 2. The summed E-state index contributed by atoms with van der Waals surface area (Å²) in [6.45, 7) is 1.57. The zero-order valence-corrected chi connectivity index (χ0v) is 19.6. The van der Waals surface area contributed by atoms with Crippen LogP contribution in [0.2, 0.25) is 0 Å². The molecule has 33 heavy (non-hydrogen) atoms. The second kappa shape index (κ2) is 8.98. The van der Waals surface area contributed by atoms with Crippen LogP contribution < -0.4 is 10.1 Å². The lowest BCUT2D eigenvalue weighted by Crippen LogP contribution is -2.35. The van der Waals surface area contributed by atoms with E-state index in [1.807, 2.05) is 17.0 Å². The molecule has 2 heterocycles. The van der Waals surface area contributed by atoms with Gasteiger partial charge < -0.3 is 19.9 Å². The van der Waals surface area contributed by atoms with E-state index in [9.17, 15) is 4.79 Å². The molecule has 1 amide bonds. The van der Waals surface area contributed by atoms with Crippen LogP contribution in [-0.2, 0) is 24.1 Å². The third kappa shape index (κ3) is 4.37. The van der Waals surface area contributed by atoms with E-state index >= 15 is 0 Å². The number of methoxy groups -OCH3 is 1. The minimum Gasteiger partial charge on any atom is -0.496 e. The molecule has 1 fully saturated rings. The van der Waals surface area contributed by atoms with Gasteiger partial charge in [-0.25, -0.2) is 9.97 Å². The van der Waals surface area contributed by atoms with Gasteiger partial charge in [0.2, 0.25) is 5.91 Å². The van der Waals surface area contributed by atoms with Crippen molar-refractivity contribution < 1.29 is 9.53 Å². The van der Waals surface area contributed by atoms with Gasteiger partial charge in [0.25, 0.3) is 0 Å². The number of hydrogen-bond acceptors (Lipinski definition) is 6. The number of nitrogens with one attached hydrogen (secondary N) is 1. The lowest BCUT2D eigenvalue weighted by molar-refractivity contribution is -0.129. The number of likely N-dealkylation sites (N-methyl/N-ethyl adjacent to an activating group) is 1. The fourth-order valence-corrected chi connectivity index (χ4v) is 5.01. The number of aryl methyl sites for hydroxylation is 2. The summed E-state index contributed by atoms with van der Waals surface area (Å²) in [5.74, 6) is 1.55. The molecule has 2 aromatic carbocycles. The topological polar surface area (TPSA) is 70.6 Å². The Bertz CT molecular complexity index is 1190. The molecular formula is C26H31N5O2. The number of anilines is 2. The van der Waals surface area contributed by atoms with Crippen molar-refractivity contribution in [2.24, 2.45) is 0 Å². The molecule has 1 aliphatic carbocycles. The summed E-state index contributed by atoms with van der Waals surface area (Å²) >= 11 is 0. The van der Waals surface area contributed by atoms with Gasteiger partial charge in [0, 0.05) is 41.8 Å². The molecule has 5 rings (SSSR count). The summed E-state index contributed by atoms with van der Waals surface area (Å²) in [6, 6.07) is 10.9. The molecule has 1 atom stereocenters. The highest BCUT2D eigenvalue weighted by atomic mass is 16.5. The molecule has 3 aromatic rings. The highest BCUT2D eigenvalue weighted by Crippen LogP contribution is 2.32. The van der Waals surface area contributed by atoms with Crippen molar-refractivity contribution in [1.29, 1.82) is 0 Å². The molecule has 0 saturated carbocycles. The van der Waals surface area contributed by atoms with E-state index in [1.165, 1.54) is 17.5 Å². The van der Waals surface area contributed by atoms with E-state index in [0.717, 1.165) is 60.3 Å². The third-order valence-electron chi connectivity index (χ3n) is 6.99. The first kappa shape index (κ1) is 21.6. The number of amides is 1. The minimum absolute atomic E-state index is 0.127. The normalized spacial score (nSPS) is 17.6. The van der Waals surface area contributed by atoms with Crippen LogP contribution in [0.15, 0.2) is 36.7 Å². The first-order chi connectivity index (χ1) is 16.0. The maximum absolute atomic E-state index is 13.1. The van der Waals surface area contributed by atoms with Crippen LogP contribution in [0.4, 0.5) is 11.5 Å². The SMILES string of the molecule is COc1cc2ncnc(Nc3ccc4c(c3)CCC4)c2cc1CC(=O)N1CC[C@@H](N(C)C)C1. The average molecular weight is 446 g/mol. The molecule has 7 nitrogen and oxygen atoms in total. The Balaban J connectivity index is 1.42. The number of carbonyl (C=O) groups is 1. The molecule has 7 heteroatoms. The Morgan fingerprint density at radius 3 is 2.82 bits per heavy atom. The predicted molar refractivity (Wildman–Crippen MR) is 130 cm³/mol. The number of benzene rings is 2. The highest BCUT2D eigenvalue weighted by Gasteiger charge is 2.28. The van der Waals surface area contributed by atoms with E-state index in [0.29, 0.717) is 18.2 Å². The fraction of sp³-hybridized carbons (Fsp3) is 0.423. The van der Waals surface area contributed by atoms with Gasteiger partial charge >= 0.3 is 0 Å². The minimum atomic E-state index is 0.127. The molecule has 1 aromatic heterocycles. The van der Waals surface area contributed by atoms with Gasteiger partial charge in [0.15, 0.2) is 0 Å². The van der Waals surface area contributed by atoms with E-state index < -0.39 is 0 Å². The Hall–Kier alpha value is -3.19. The van der Waals surface area contributed by atoms with Gasteiger partial charge in [-0.1, -0.05) is 6.07 Å². The van der Waals surface area contributed by atoms with Crippen molar-refractivity contribution in [3.63, 3.8) is 0 Å². The van der Waals surface area contributed by atoms with Gasteiger partial charge in [-0.3, -0.25) is 4.79 Å². The lowest BCUT2D eigenvalue weighted by Gasteiger charge is -2.21. The third-order valence-corrected chi connectivity index (χ3v) is 6.99. The van der Waals surface area contributed by atoms with Crippen molar-refractivity contribution in [1.82, 2.24) is 19.8 Å². The van der Waals surface area contributed by atoms with Crippen LogP contribution in [0.5, 0.6) is 5.75 Å². The van der Waals surface area contributed by atoms with E-state index in [4.69, 9.17) is 4.74 Å². The zero-order chi connectivity index (χ0) is 22.9. The summed E-state index contributed by atoms with van der Waals surface area (Å²) in [6.07, 6.45) is 6.38. The summed E-state index contributed by atoms with van der Waals surface area (Å²) in [5, 5.41) is 4.36. The Labute approximate surface area is 194 Å². The van der Waals surface area contributed by atoms with Crippen LogP contribution in [0.25, 0.3) is 10.9 Å². The molecular weight excluding hydrogens is 414 g/mol. The van der Waals surface area contributed by atoms with Gasteiger partial charge in [-0.15, -0.1) is 0 Å². The lowest BCUT2D eigenvalue weighted by atomic mass is 10.1. The number of aromatic nitrogens is 2. The number of likely N-dealkylation sites (tertiary alicyclic amines) is 1. The predicted octanol–water partition coefficient (Wildman–Crippen LogP) is 3.58. The second-order valence-electron chi connectivity index (χ2n) is 9.29. The zero-order valence-electron chi connectivity index (χ0n) is 19.6. The first-order valence-corrected chi connectivity index (χ1v) is 11.7. The summed E-state index contributed by atoms with van der Waals surface area (Å²) < 4.78 is 5.63. The molecule has 1 aliphatic heterocycles. The monoisotopic (exact) mass is 445 g/mol. The van der Waals surface area contributed by atoms with Gasteiger partial charge in [-0.05, 0) is 69.1 Å². The van der Waals surface area contributed by atoms with Gasteiger partial charge in [0.05, 0.1) is 19.0 Å². The Morgan fingerprint density at radius 1 is 1.18 bits per heavy atom. The van der Waals surface area contributed by atoms with Crippen molar-refractivity contribution >= 4 is 28.3 Å². The second-order valence-corrected chi connectivity index (χ2v) is 9.29. The van der Waals surface area contributed by atoms with Gasteiger partial charge in [0.1, 0.15) is 17.9 Å². The number of carbonyl (C=O) groups excluding carboxylic acids is 1. The number of ether oxygens (including phenoxy) is 1.